The zero-order valence-electron chi connectivity index (χ0n) is 20.9. The largest absolute Gasteiger partial charge is 0.317 e. The highest BCUT2D eigenvalue weighted by atomic mass is 19.1. The molecule has 1 aromatic carbocycles. The van der Waals surface area contributed by atoms with E-state index < -0.39 is 0 Å². The van der Waals surface area contributed by atoms with Crippen LogP contribution in [0.3, 0.4) is 0 Å². The summed E-state index contributed by atoms with van der Waals surface area (Å²) in [4.78, 5) is 0. The van der Waals surface area contributed by atoms with Gasteiger partial charge in [-0.2, -0.15) is 0 Å². The molecule has 0 aliphatic heterocycles. The van der Waals surface area contributed by atoms with Gasteiger partial charge in [-0.15, -0.1) is 0 Å². The van der Waals surface area contributed by atoms with Crippen molar-refractivity contribution in [3.8, 4) is 0 Å². The summed E-state index contributed by atoms with van der Waals surface area (Å²) < 4.78 is 15.2. The molecule has 1 nitrogen and oxygen atoms in total. The zero-order chi connectivity index (χ0) is 22.3. The van der Waals surface area contributed by atoms with Crippen LogP contribution in [0.25, 0.3) is 0 Å². The minimum atomic E-state index is 0.0874. The van der Waals surface area contributed by atoms with Gasteiger partial charge in [0.05, 0.1) is 0 Å². The van der Waals surface area contributed by atoms with Gasteiger partial charge in [-0.1, -0.05) is 44.7 Å². The second-order valence-corrected chi connectivity index (χ2v) is 11.5. The third-order valence-corrected chi connectivity index (χ3v) is 9.62. The summed E-state index contributed by atoms with van der Waals surface area (Å²) in [6.07, 6.45) is 21.2. The molecule has 180 valence electrons. The van der Waals surface area contributed by atoms with Crippen LogP contribution in [0.5, 0.6) is 0 Å². The van der Waals surface area contributed by atoms with Crippen LogP contribution in [0.2, 0.25) is 0 Å². The molecule has 0 radical (unpaired) electrons. The van der Waals surface area contributed by atoms with E-state index in [-0.39, 0.29) is 5.82 Å². The lowest BCUT2D eigenvalue weighted by Crippen LogP contribution is -2.33. The molecule has 0 aromatic heterocycles. The minimum Gasteiger partial charge on any atom is -0.317 e. The Hall–Kier alpha value is -0.890. The molecule has 1 aromatic rings. The van der Waals surface area contributed by atoms with Crippen LogP contribution in [-0.4, -0.2) is 13.1 Å². The second-order valence-electron chi connectivity index (χ2n) is 11.5. The summed E-state index contributed by atoms with van der Waals surface area (Å²) in [5, 5.41) is 3.47. The van der Waals surface area contributed by atoms with E-state index in [9.17, 15) is 0 Å². The predicted molar refractivity (Wildman–Crippen MR) is 135 cm³/mol. The highest BCUT2D eigenvalue weighted by Crippen LogP contribution is 2.44. The third-order valence-electron chi connectivity index (χ3n) is 9.62. The number of halogens is 1. The third kappa shape index (κ3) is 6.16. The molecule has 3 aliphatic carbocycles. The smallest absolute Gasteiger partial charge is 0.126 e. The number of nitrogens with one attached hydrogen (secondary N) is 1. The van der Waals surface area contributed by atoms with Crippen LogP contribution >= 0.6 is 0 Å². The Bertz CT molecular complexity index is 676. The Kier molecular flexibility index (Phi) is 9.09. The van der Waals surface area contributed by atoms with E-state index in [1.807, 2.05) is 6.07 Å². The Labute approximate surface area is 197 Å². The molecular weight excluding hydrogens is 393 g/mol. The van der Waals surface area contributed by atoms with Gasteiger partial charge < -0.3 is 5.32 Å². The van der Waals surface area contributed by atoms with Gasteiger partial charge in [-0.05, 0) is 131 Å². The summed E-state index contributed by atoms with van der Waals surface area (Å²) in [6.45, 7) is 2.28. The quantitative estimate of drug-likeness (QED) is 0.398. The molecule has 0 heterocycles. The van der Waals surface area contributed by atoms with E-state index in [0.717, 1.165) is 29.4 Å². The van der Waals surface area contributed by atoms with Gasteiger partial charge in [0.1, 0.15) is 5.82 Å². The molecule has 0 amide bonds. The molecule has 0 saturated heterocycles. The number of hydrogen-bond donors (Lipinski definition) is 1. The van der Waals surface area contributed by atoms with E-state index in [1.54, 1.807) is 0 Å². The van der Waals surface area contributed by atoms with E-state index in [1.165, 1.54) is 108 Å². The summed E-state index contributed by atoms with van der Waals surface area (Å²) in [7, 11) is 2.11. The fourth-order valence-electron chi connectivity index (χ4n) is 7.38. The average molecular weight is 442 g/mol. The van der Waals surface area contributed by atoms with Gasteiger partial charge >= 0.3 is 0 Å². The van der Waals surface area contributed by atoms with Crippen molar-refractivity contribution in [1.82, 2.24) is 5.32 Å². The first kappa shape index (κ1) is 24.2. The predicted octanol–water partition coefficient (Wildman–Crippen LogP) is 8.73. The first-order valence-corrected chi connectivity index (χ1v) is 14.1. The van der Waals surface area contributed by atoms with E-state index >= 15 is 4.39 Å². The first-order chi connectivity index (χ1) is 15.7. The number of unbranched alkanes of at least 4 members (excludes halogenated alkanes) is 2. The van der Waals surface area contributed by atoms with Crippen molar-refractivity contribution in [1.29, 1.82) is 0 Å². The molecule has 0 unspecified atom stereocenters. The maximum Gasteiger partial charge on any atom is 0.126 e. The zero-order valence-corrected chi connectivity index (χ0v) is 20.9. The van der Waals surface area contributed by atoms with Crippen LogP contribution < -0.4 is 5.32 Å². The lowest BCUT2D eigenvalue weighted by Gasteiger charge is -2.38. The van der Waals surface area contributed by atoms with Gasteiger partial charge in [0, 0.05) is 6.04 Å². The first-order valence-electron chi connectivity index (χ1n) is 14.1. The van der Waals surface area contributed by atoms with Crippen molar-refractivity contribution in [2.24, 2.45) is 17.8 Å². The summed E-state index contributed by atoms with van der Waals surface area (Å²) >= 11 is 0. The Balaban J connectivity index is 1.25. The Morgan fingerprint density at radius 1 is 0.781 bits per heavy atom. The van der Waals surface area contributed by atoms with Crippen molar-refractivity contribution >= 4 is 0 Å². The fraction of sp³-hybridized carbons (Fsp3) is 0.800. The molecule has 2 heteroatoms. The monoisotopic (exact) mass is 441 g/mol. The molecule has 0 spiro atoms. The van der Waals surface area contributed by atoms with E-state index in [0.29, 0.717) is 11.8 Å². The van der Waals surface area contributed by atoms with E-state index in [4.69, 9.17) is 0 Å². The standard InChI is InChI=1S/C30H48FN/c1-3-4-5-6-22-7-9-26(10-8-22)29-20-17-27(21-30(29)31)25-13-11-23(12-14-25)24-15-18-28(32-2)19-16-24/h17,20-26,28,32H,3-16,18-19H2,1-2H3. The van der Waals surface area contributed by atoms with Gasteiger partial charge in [0.2, 0.25) is 0 Å². The lowest BCUT2D eigenvalue weighted by molar-refractivity contribution is 0.171. The molecule has 4 rings (SSSR count). The SMILES string of the molecule is CCCCCC1CCC(c2ccc(C3CCC(C4CCC(NC)CC4)CC3)cc2F)CC1. The van der Waals surface area contributed by atoms with Gasteiger partial charge in [-0.3, -0.25) is 0 Å². The molecule has 1 N–H and O–H groups in total. The van der Waals surface area contributed by atoms with Gasteiger partial charge in [0.25, 0.3) is 0 Å². The van der Waals surface area contributed by atoms with Crippen molar-refractivity contribution in [2.75, 3.05) is 7.05 Å². The minimum absolute atomic E-state index is 0.0874. The molecule has 32 heavy (non-hydrogen) atoms. The van der Waals surface area contributed by atoms with Crippen LogP contribution in [0.15, 0.2) is 18.2 Å². The lowest BCUT2D eigenvalue weighted by atomic mass is 9.69. The highest BCUT2D eigenvalue weighted by molar-refractivity contribution is 5.30. The van der Waals surface area contributed by atoms with Crippen molar-refractivity contribution in [3.63, 3.8) is 0 Å². The van der Waals surface area contributed by atoms with Gasteiger partial charge in [0.15, 0.2) is 0 Å². The number of hydrogen-bond acceptors (Lipinski definition) is 1. The van der Waals surface area contributed by atoms with Gasteiger partial charge in [-0.25, -0.2) is 4.39 Å². The summed E-state index contributed by atoms with van der Waals surface area (Å²) in [5.74, 6) is 3.87. The second kappa shape index (κ2) is 12.0. The van der Waals surface area contributed by atoms with Crippen molar-refractivity contribution in [3.05, 3.63) is 35.1 Å². The molecular formula is C30H48FN. The Morgan fingerprint density at radius 2 is 1.41 bits per heavy atom. The van der Waals surface area contributed by atoms with Crippen LogP contribution in [0, 0.1) is 23.6 Å². The highest BCUT2D eigenvalue weighted by Gasteiger charge is 2.31. The molecule has 3 fully saturated rings. The Morgan fingerprint density at radius 3 is 2.00 bits per heavy atom. The number of rotatable bonds is 8. The summed E-state index contributed by atoms with van der Waals surface area (Å²) in [5.41, 5.74) is 2.28. The maximum absolute atomic E-state index is 15.2. The maximum atomic E-state index is 15.2. The van der Waals surface area contributed by atoms with Crippen molar-refractivity contribution < 1.29 is 4.39 Å². The molecule has 3 saturated carbocycles. The molecule has 0 bridgehead atoms. The van der Waals surface area contributed by atoms with Crippen LogP contribution in [0.1, 0.15) is 133 Å². The van der Waals surface area contributed by atoms with Crippen LogP contribution in [0.4, 0.5) is 4.39 Å². The molecule has 0 atom stereocenters. The molecule has 3 aliphatic rings. The van der Waals surface area contributed by atoms with Crippen LogP contribution in [-0.2, 0) is 0 Å². The number of benzene rings is 1. The van der Waals surface area contributed by atoms with Crippen molar-refractivity contribution in [2.45, 2.75) is 128 Å². The fourth-order valence-corrected chi connectivity index (χ4v) is 7.38. The summed E-state index contributed by atoms with van der Waals surface area (Å²) in [6, 6.07) is 7.12. The van der Waals surface area contributed by atoms with E-state index in [2.05, 4.69) is 31.4 Å². The topological polar surface area (TPSA) is 12.0 Å². The average Bonchev–Trinajstić information content (AvgIpc) is 2.85. The normalized spacial score (nSPS) is 33.8.